The number of morpholine rings is 1. The minimum Gasteiger partial charge on any atom is -0.379 e. The van der Waals surface area contributed by atoms with Crippen molar-refractivity contribution in [3.63, 3.8) is 0 Å². The van der Waals surface area contributed by atoms with Gasteiger partial charge in [-0.25, -0.2) is 9.97 Å². The second kappa shape index (κ2) is 7.03. The van der Waals surface area contributed by atoms with Crippen LogP contribution in [0.25, 0.3) is 0 Å². The quantitative estimate of drug-likeness (QED) is 0.741. The number of hydrogen-bond donors (Lipinski definition) is 1. The van der Waals surface area contributed by atoms with Gasteiger partial charge in [0.15, 0.2) is 0 Å². The van der Waals surface area contributed by atoms with Crippen LogP contribution in [0.1, 0.15) is 16.9 Å². The maximum atomic E-state index is 11.7. The molecule has 2 heterocycles. The van der Waals surface area contributed by atoms with E-state index in [4.69, 9.17) is 4.74 Å². The molecule has 6 nitrogen and oxygen atoms in total. The molecular weight excluding hydrogens is 232 g/mol. The van der Waals surface area contributed by atoms with Crippen molar-refractivity contribution in [2.24, 2.45) is 0 Å². The van der Waals surface area contributed by atoms with Gasteiger partial charge in [0.2, 0.25) is 0 Å². The van der Waals surface area contributed by atoms with Crippen LogP contribution in [0.5, 0.6) is 0 Å². The van der Waals surface area contributed by atoms with Gasteiger partial charge in [0, 0.05) is 25.8 Å². The zero-order valence-electron chi connectivity index (χ0n) is 10.3. The van der Waals surface area contributed by atoms with Crippen molar-refractivity contribution >= 4 is 5.91 Å². The fraction of sp³-hybridized carbons (Fsp3) is 0.583. The summed E-state index contributed by atoms with van der Waals surface area (Å²) in [5, 5.41) is 2.85. The van der Waals surface area contributed by atoms with E-state index in [1.165, 1.54) is 6.33 Å². The van der Waals surface area contributed by atoms with Crippen LogP contribution < -0.4 is 5.32 Å². The lowest BCUT2D eigenvalue weighted by molar-refractivity contribution is 0.0374. The van der Waals surface area contributed by atoms with Crippen molar-refractivity contribution in [3.05, 3.63) is 24.3 Å². The molecule has 0 radical (unpaired) electrons. The molecule has 1 aliphatic rings. The predicted molar refractivity (Wildman–Crippen MR) is 66.2 cm³/mol. The third-order valence-electron chi connectivity index (χ3n) is 2.85. The Morgan fingerprint density at radius 2 is 2.28 bits per heavy atom. The highest BCUT2D eigenvalue weighted by atomic mass is 16.5. The number of aromatic nitrogens is 2. The molecule has 0 saturated carbocycles. The zero-order chi connectivity index (χ0) is 12.6. The van der Waals surface area contributed by atoms with Crippen molar-refractivity contribution in [2.75, 3.05) is 39.4 Å². The van der Waals surface area contributed by atoms with Crippen LogP contribution >= 0.6 is 0 Å². The molecule has 98 valence electrons. The molecule has 1 N–H and O–H groups in total. The molecule has 1 aromatic heterocycles. The first kappa shape index (κ1) is 12.9. The summed E-state index contributed by atoms with van der Waals surface area (Å²) < 4.78 is 5.28. The van der Waals surface area contributed by atoms with Gasteiger partial charge >= 0.3 is 0 Å². The number of hydrogen-bond acceptors (Lipinski definition) is 5. The van der Waals surface area contributed by atoms with Crippen molar-refractivity contribution < 1.29 is 9.53 Å². The van der Waals surface area contributed by atoms with Gasteiger partial charge in [-0.05, 0) is 19.0 Å². The van der Waals surface area contributed by atoms with E-state index in [0.29, 0.717) is 12.2 Å². The van der Waals surface area contributed by atoms with Crippen LogP contribution in [0, 0.1) is 0 Å². The average molecular weight is 250 g/mol. The van der Waals surface area contributed by atoms with E-state index in [0.717, 1.165) is 39.3 Å². The lowest BCUT2D eigenvalue weighted by atomic mass is 10.3. The summed E-state index contributed by atoms with van der Waals surface area (Å²) in [7, 11) is 0. The van der Waals surface area contributed by atoms with Crippen molar-refractivity contribution in [2.45, 2.75) is 6.42 Å². The Hall–Kier alpha value is -1.53. The summed E-state index contributed by atoms with van der Waals surface area (Å²) in [6.45, 7) is 5.26. The second-order valence-electron chi connectivity index (χ2n) is 4.16. The first-order valence-electron chi connectivity index (χ1n) is 6.20. The summed E-state index contributed by atoms with van der Waals surface area (Å²) in [5.74, 6) is -0.139. The van der Waals surface area contributed by atoms with Crippen molar-refractivity contribution in [1.82, 2.24) is 20.2 Å². The molecule has 0 aromatic carbocycles. The van der Waals surface area contributed by atoms with Crippen LogP contribution in [-0.4, -0.2) is 60.2 Å². The van der Waals surface area contributed by atoms with Crippen molar-refractivity contribution in [3.8, 4) is 0 Å². The standard InChI is InChI=1S/C12H18N4O2/c17-12(11-2-4-13-10-15-11)14-3-1-5-16-6-8-18-9-7-16/h2,4,10H,1,3,5-9H2,(H,14,17). The number of nitrogens with one attached hydrogen (secondary N) is 1. The van der Waals surface area contributed by atoms with Crippen molar-refractivity contribution in [1.29, 1.82) is 0 Å². The summed E-state index contributed by atoms with van der Waals surface area (Å²) in [6, 6.07) is 1.61. The van der Waals surface area contributed by atoms with Gasteiger partial charge in [-0.2, -0.15) is 0 Å². The average Bonchev–Trinajstić information content (AvgIpc) is 2.45. The SMILES string of the molecule is O=C(NCCCN1CCOCC1)c1ccncn1. The fourth-order valence-corrected chi connectivity index (χ4v) is 1.84. The predicted octanol–water partition coefficient (Wildman–Crippen LogP) is -0.0713. The van der Waals surface area contributed by atoms with Gasteiger partial charge in [-0.1, -0.05) is 0 Å². The van der Waals surface area contributed by atoms with E-state index in [1.807, 2.05) is 0 Å². The van der Waals surface area contributed by atoms with E-state index in [2.05, 4.69) is 20.2 Å². The van der Waals surface area contributed by atoms with E-state index < -0.39 is 0 Å². The first-order valence-corrected chi connectivity index (χ1v) is 6.20. The van der Waals surface area contributed by atoms with Gasteiger partial charge in [0.1, 0.15) is 12.0 Å². The maximum Gasteiger partial charge on any atom is 0.270 e. The number of carbonyl (C=O) groups is 1. The van der Waals surface area contributed by atoms with Crippen LogP contribution in [0.15, 0.2) is 18.6 Å². The maximum absolute atomic E-state index is 11.7. The van der Waals surface area contributed by atoms with Gasteiger partial charge in [0.25, 0.3) is 5.91 Å². The molecule has 0 atom stereocenters. The summed E-state index contributed by atoms with van der Waals surface area (Å²) in [6.07, 6.45) is 3.88. The lowest BCUT2D eigenvalue weighted by Gasteiger charge is -2.26. The number of rotatable bonds is 5. The van der Waals surface area contributed by atoms with Gasteiger partial charge in [0.05, 0.1) is 13.2 Å². The number of nitrogens with zero attached hydrogens (tertiary/aromatic N) is 3. The molecule has 1 aromatic rings. The molecule has 1 aliphatic heterocycles. The molecule has 2 rings (SSSR count). The van der Waals surface area contributed by atoms with Gasteiger partial charge < -0.3 is 10.1 Å². The van der Waals surface area contributed by atoms with E-state index in [1.54, 1.807) is 12.3 Å². The molecule has 0 bridgehead atoms. The Balaban J connectivity index is 1.62. The van der Waals surface area contributed by atoms with Crippen LogP contribution in [0.2, 0.25) is 0 Å². The monoisotopic (exact) mass is 250 g/mol. The van der Waals surface area contributed by atoms with Crippen LogP contribution in [0.3, 0.4) is 0 Å². The van der Waals surface area contributed by atoms with Crippen LogP contribution in [0.4, 0.5) is 0 Å². The molecule has 0 aliphatic carbocycles. The summed E-state index contributed by atoms with van der Waals surface area (Å²) >= 11 is 0. The zero-order valence-corrected chi connectivity index (χ0v) is 10.3. The third kappa shape index (κ3) is 4.05. The molecular formula is C12H18N4O2. The van der Waals surface area contributed by atoms with Crippen LogP contribution in [-0.2, 0) is 4.74 Å². The normalized spacial score (nSPS) is 16.4. The highest BCUT2D eigenvalue weighted by Gasteiger charge is 2.10. The Kier molecular flexibility index (Phi) is 5.04. The number of ether oxygens (including phenoxy) is 1. The molecule has 0 unspecified atom stereocenters. The van der Waals surface area contributed by atoms with Gasteiger partial charge in [-0.3, -0.25) is 9.69 Å². The summed E-state index contributed by atoms with van der Waals surface area (Å²) in [5.41, 5.74) is 0.413. The third-order valence-corrected chi connectivity index (χ3v) is 2.85. The molecule has 0 spiro atoms. The Morgan fingerprint density at radius 3 is 3.00 bits per heavy atom. The summed E-state index contributed by atoms with van der Waals surface area (Å²) in [4.78, 5) is 21.7. The number of amides is 1. The number of carbonyl (C=O) groups excluding carboxylic acids is 1. The minimum absolute atomic E-state index is 0.139. The smallest absolute Gasteiger partial charge is 0.270 e. The molecule has 1 saturated heterocycles. The molecule has 1 amide bonds. The highest BCUT2D eigenvalue weighted by Crippen LogP contribution is 1.97. The van der Waals surface area contributed by atoms with E-state index >= 15 is 0 Å². The van der Waals surface area contributed by atoms with E-state index in [-0.39, 0.29) is 5.91 Å². The Labute approximate surface area is 106 Å². The first-order chi connectivity index (χ1) is 8.86. The Bertz CT molecular complexity index is 366. The largest absolute Gasteiger partial charge is 0.379 e. The topological polar surface area (TPSA) is 67.4 Å². The highest BCUT2D eigenvalue weighted by molar-refractivity contribution is 5.91. The molecule has 1 fully saturated rings. The van der Waals surface area contributed by atoms with E-state index in [9.17, 15) is 4.79 Å². The van der Waals surface area contributed by atoms with Gasteiger partial charge in [-0.15, -0.1) is 0 Å². The minimum atomic E-state index is -0.139. The molecule has 18 heavy (non-hydrogen) atoms. The molecule has 6 heteroatoms. The Morgan fingerprint density at radius 1 is 1.44 bits per heavy atom. The fourth-order valence-electron chi connectivity index (χ4n) is 1.84. The lowest BCUT2D eigenvalue weighted by Crippen LogP contribution is -2.38. The second-order valence-corrected chi connectivity index (χ2v) is 4.16.